The summed E-state index contributed by atoms with van der Waals surface area (Å²) in [5.74, 6) is 2.04. The first-order valence-corrected chi connectivity index (χ1v) is 5.51. The van der Waals surface area contributed by atoms with E-state index in [9.17, 15) is 4.79 Å². The van der Waals surface area contributed by atoms with Crippen molar-refractivity contribution in [1.82, 2.24) is 9.97 Å². The van der Waals surface area contributed by atoms with Gasteiger partial charge in [0.1, 0.15) is 5.82 Å². The quantitative estimate of drug-likeness (QED) is 0.572. The first-order chi connectivity index (χ1) is 7.63. The van der Waals surface area contributed by atoms with Crippen LogP contribution in [0.5, 0.6) is 0 Å². The number of fused-ring (bicyclic) bond motifs is 1. The molecule has 1 aliphatic heterocycles. The SMILES string of the molecule is Nc1cc(=O)[nH]c(N2CC3CC(N)C3C2)n1. The second-order valence-corrected chi connectivity index (χ2v) is 4.72. The minimum absolute atomic E-state index is 0.203. The van der Waals surface area contributed by atoms with Gasteiger partial charge in [-0.05, 0) is 18.3 Å². The van der Waals surface area contributed by atoms with Crippen molar-refractivity contribution in [1.29, 1.82) is 0 Å². The summed E-state index contributed by atoms with van der Waals surface area (Å²) in [5.41, 5.74) is 11.3. The Hall–Kier alpha value is -1.56. The molecule has 6 heteroatoms. The molecule has 0 spiro atoms. The van der Waals surface area contributed by atoms with Gasteiger partial charge in [-0.1, -0.05) is 0 Å². The van der Waals surface area contributed by atoms with E-state index >= 15 is 0 Å². The van der Waals surface area contributed by atoms with Crippen molar-refractivity contribution < 1.29 is 0 Å². The molecule has 0 radical (unpaired) electrons. The van der Waals surface area contributed by atoms with Gasteiger partial charge in [0, 0.05) is 25.2 Å². The van der Waals surface area contributed by atoms with Gasteiger partial charge in [-0.15, -0.1) is 0 Å². The lowest BCUT2D eigenvalue weighted by Crippen LogP contribution is -2.46. The number of nitrogens with one attached hydrogen (secondary N) is 1. The molecule has 3 rings (SSSR count). The maximum Gasteiger partial charge on any atom is 0.254 e. The molecule has 6 nitrogen and oxygen atoms in total. The Bertz CT molecular complexity index is 471. The number of anilines is 2. The van der Waals surface area contributed by atoms with Crippen LogP contribution in [0.2, 0.25) is 0 Å². The van der Waals surface area contributed by atoms with E-state index < -0.39 is 0 Å². The maximum atomic E-state index is 11.3. The molecular formula is C10H15N5O. The van der Waals surface area contributed by atoms with Gasteiger partial charge < -0.3 is 16.4 Å². The zero-order valence-corrected chi connectivity index (χ0v) is 8.89. The Labute approximate surface area is 92.6 Å². The highest BCUT2D eigenvalue weighted by Gasteiger charge is 2.45. The maximum absolute atomic E-state index is 11.3. The summed E-state index contributed by atoms with van der Waals surface area (Å²) < 4.78 is 0. The molecule has 0 aromatic carbocycles. The fourth-order valence-corrected chi connectivity index (χ4v) is 2.75. The van der Waals surface area contributed by atoms with Gasteiger partial charge in [0.05, 0.1) is 0 Å². The summed E-state index contributed by atoms with van der Waals surface area (Å²) >= 11 is 0. The summed E-state index contributed by atoms with van der Waals surface area (Å²) in [6, 6.07) is 1.60. The highest BCUT2D eigenvalue weighted by molar-refractivity contribution is 5.39. The van der Waals surface area contributed by atoms with Crippen LogP contribution in [0.1, 0.15) is 6.42 Å². The second-order valence-electron chi connectivity index (χ2n) is 4.72. The van der Waals surface area contributed by atoms with E-state index in [2.05, 4.69) is 14.9 Å². The normalized spacial score (nSPS) is 32.3. The molecule has 0 amide bonds. The molecule has 1 saturated heterocycles. The summed E-state index contributed by atoms with van der Waals surface area (Å²) in [4.78, 5) is 20.2. The third kappa shape index (κ3) is 1.37. The fraction of sp³-hybridized carbons (Fsp3) is 0.600. The Morgan fingerprint density at radius 2 is 2.31 bits per heavy atom. The molecule has 1 aromatic rings. The summed E-state index contributed by atoms with van der Waals surface area (Å²) in [6.45, 7) is 1.79. The zero-order valence-electron chi connectivity index (χ0n) is 8.89. The van der Waals surface area contributed by atoms with E-state index in [0.29, 0.717) is 23.8 Å². The zero-order chi connectivity index (χ0) is 11.3. The van der Waals surface area contributed by atoms with Crippen molar-refractivity contribution in [3.05, 3.63) is 16.4 Å². The average Bonchev–Trinajstić information content (AvgIpc) is 2.54. The largest absolute Gasteiger partial charge is 0.383 e. The van der Waals surface area contributed by atoms with Crippen molar-refractivity contribution in [2.45, 2.75) is 12.5 Å². The number of nitrogen functional groups attached to an aromatic ring is 1. The van der Waals surface area contributed by atoms with Crippen LogP contribution in [0, 0.1) is 11.8 Å². The topological polar surface area (TPSA) is 101 Å². The van der Waals surface area contributed by atoms with Crippen molar-refractivity contribution >= 4 is 11.8 Å². The predicted octanol–water partition coefficient (Wildman–Crippen LogP) is -0.865. The van der Waals surface area contributed by atoms with Gasteiger partial charge in [-0.3, -0.25) is 9.78 Å². The molecule has 16 heavy (non-hydrogen) atoms. The van der Waals surface area contributed by atoms with Crippen LogP contribution in [0.25, 0.3) is 0 Å². The predicted molar refractivity (Wildman–Crippen MR) is 61.1 cm³/mol. The summed E-state index contributed by atoms with van der Waals surface area (Å²) in [5, 5.41) is 0. The van der Waals surface area contributed by atoms with Gasteiger partial charge in [-0.2, -0.15) is 4.98 Å². The van der Waals surface area contributed by atoms with Crippen LogP contribution in [-0.2, 0) is 0 Å². The van der Waals surface area contributed by atoms with Crippen LogP contribution >= 0.6 is 0 Å². The van der Waals surface area contributed by atoms with Gasteiger partial charge in [-0.25, -0.2) is 0 Å². The molecule has 2 fully saturated rings. The van der Waals surface area contributed by atoms with Crippen molar-refractivity contribution in [2.75, 3.05) is 23.7 Å². The van der Waals surface area contributed by atoms with E-state index in [0.717, 1.165) is 19.5 Å². The van der Waals surface area contributed by atoms with Crippen LogP contribution < -0.4 is 21.9 Å². The minimum atomic E-state index is -0.203. The van der Waals surface area contributed by atoms with Crippen LogP contribution in [0.3, 0.4) is 0 Å². The standard InChI is InChI=1S/C10H15N5O/c11-7-1-5-3-15(4-6(5)7)10-13-8(12)2-9(16)14-10/h2,5-7H,1,3-4,11H2,(H3,12,13,14,16). The lowest BCUT2D eigenvalue weighted by molar-refractivity contribution is 0.194. The van der Waals surface area contributed by atoms with Gasteiger partial charge in [0.25, 0.3) is 5.56 Å². The van der Waals surface area contributed by atoms with Crippen LogP contribution in [-0.4, -0.2) is 29.1 Å². The van der Waals surface area contributed by atoms with E-state index in [1.165, 1.54) is 6.07 Å². The Balaban J connectivity index is 1.86. The summed E-state index contributed by atoms with van der Waals surface area (Å²) in [7, 11) is 0. The smallest absolute Gasteiger partial charge is 0.254 e. The Morgan fingerprint density at radius 1 is 1.50 bits per heavy atom. The van der Waals surface area contributed by atoms with E-state index in [-0.39, 0.29) is 11.4 Å². The molecule has 1 aromatic heterocycles. The van der Waals surface area contributed by atoms with Gasteiger partial charge in [0.15, 0.2) is 0 Å². The Morgan fingerprint density at radius 3 is 2.94 bits per heavy atom. The van der Waals surface area contributed by atoms with E-state index in [1.807, 2.05) is 0 Å². The number of nitrogens with two attached hydrogens (primary N) is 2. The molecule has 86 valence electrons. The number of hydrogen-bond acceptors (Lipinski definition) is 5. The number of H-pyrrole nitrogens is 1. The third-order valence-corrected chi connectivity index (χ3v) is 3.66. The lowest BCUT2D eigenvalue weighted by atomic mass is 9.72. The minimum Gasteiger partial charge on any atom is -0.383 e. The highest BCUT2D eigenvalue weighted by atomic mass is 16.1. The number of aromatic amines is 1. The van der Waals surface area contributed by atoms with Gasteiger partial charge in [0.2, 0.25) is 5.95 Å². The average molecular weight is 221 g/mol. The monoisotopic (exact) mass is 221 g/mol. The van der Waals surface area contributed by atoms with Crippen molar-refractivity contribution in [2.24, 2.45) is 17.6 Å². The van der Waals surface area contributed by atoms with Crippen LogP contribution in [0.4, 0.5) is 11.8 Å². The number of rotatable bonds is 1. The molecule has 5 N–H and O–H groups in total. The van der Waals surface area contributed by atoms with Crippen molar-refractivity contribution in [3.63, 3.8) is 0 Å². The second kappa shape index (κ2) is 3.21. The first-order valence-electron chi connectivity index (χ1n) is 5.51. The van der Waals surface area contributed by atoms with Crippen LogP contribution in [0.15, 0.2) is 10.9 Å². The molecular weight excluding hydrogens is 206 g/mol. The molecule has 2 heterocycles. The highest BCUT2D eigenvalue weighted by Crippen LogP contribution is 2.40. The molecule has 3 atom stereocenters. The number of aromatic nitrogens is 2. The lowest BCUT2D eigenvalue weighted by Gasteiger charge is -2.35. The van der Waals surface area contributed by atoms with E-state index in [4.69, 9.17) is 11.5 Å². The molecule has 3 unspecified atom stereocenters. The van der Waals surface area contributed by atoms with Gasteiger partial charge >= 0.3 is 0 Å². The fourth-order valence-electron chi connectivity index (χ4n) is 2.75. The number of nitrogens with zero attached hydrogens (tertiary/aromatic N) is 2. The molecule has 2 aliphatic rings. The third-order valence-electron chi connectivity index (χ3n) is 3.66. The molecule has 0 bridgehead atoms. The van der Waals surface area contributed by atoms with Crippen molar-refractivity contribution in [3.8, 4) is 0 Å². The summed E-state index contributed by atoms with van der Waals surface area (Å²) in [6.07, 6.45) is 1.08. The van der Waals surface area contributed by atoms with E-state index in [1.54, 1.807) is 0 Å². The molecule has 1 saturated carbocycles. The number of hydrogen-bond donors (Lipinski definition) is 3. The first kappa shape index (κ1) is 9.65. The Kier molecular flexibility index (Phi) is 1.94. The molecule has 1 aliphatic carbocycles.